The van der Waals surface area contributed by atoms with Gasteiger partial charge in [0.05, 0.1) is 16.3 Å². The second-order valence-electron chi connectivity index (χ2n) is 4.46. The summed E-state index contributed by atoms with van der Waals surface area (Å²) < 4.78 is 27.8. The monoisotopic (exact) mass is 403 g/mol. The summed E-state index contributed by atoms with van der Waals surface area (Å²) in [7, 11) is -3.92. The Morgan fingerprint density at radius 1 is 1.27 bits per heavy atom. The summed E-state index contributed by atoms with van der Waals surface area (Å²) >= 11 is 9.16. The summed E-state index contributed by atoms with van der Waals surface area (Å²) in [6, 6.07) is 8.76. The van der Waals surface area contributed by atoms with E-state index in [-0.39, 0.29) is 21.2 Å². The summed E-state index contributed by atoms with van der Waals surface area (Å²) in [4.78, 5) is 11.0. The molecule has 0 aromatic heterocycles. The Balaban J connectivity index is 2.46. The maximum absolute atomic E-state index is 12.4. The zero-order chi connectivity index (χ0) is 16.5. The predicted molar refractivity (Wildman–Crippen MR) is 88.1 cm³/mol. The van der Waals surface area contributed by atoms with Crippen molar-refractivity contribution in [3.05, 3.63) is 57.0 Å². The zero-order valence-corrected chi connectivity index (χ0v) is 14.5. The van der Waals surface area contributed by atoms with Gasteiger partial charge in [-0.1, -0.05) is 33.6 Å². The van der Waals surface area contributed by atoms with Gasteiger partial charge in [-0.3, -0.25) is 4.72 Å². The molecular formula is C14H11BrClNO4S. The van der Waals surface area contributed by atoms with Crippen molar-refractivity contribution < 1.29 is 18.3 Å². The number of sulfonamides is 1. The van der Waals surface area contributed by atoms with Crippen LogP contribution in [0.1, 0.15) is 15.9 Å². The molecule has 0 fully saturated rings. The number of halogens is 2. The van der Waals surface area contributed by atoms with Gasteiger partial charge in [0.1, 0.15) is 4.90 Å². The van der Waals surface area contributed by atoms with Crippen LogP contribution in [-0.2, 0) is 10.0 Å². The summed E-state index contributed by atoms with van der Waals surface area (Å²) in [5.74, 6) is -1.12. The molecule has 0 saturated carbocycles. The Bertz CT molecular complexity index is 852. The second-order valence-corrected chi connectivity index (χ2v) is 7.44. The van der Waals surface area contributed by atoms with Crippen LogP contribution in [0.4, 0.5) is 5.69 Å². The van der Waals surface area contributed by atoms with Crippen molar-refractivity contribution in [2.24, 2.45) is 0 Å². The van der Waals surface area contributed by atoms with E-state index in [2.05, 4.69) is 20.7 Å². The lowest BCUT2D eigenvalue weighted by Gasteiger charge is -2.13. The van der Waals surface area contributed by atoms with E-state index in [4.69, 9.17) is 16.7 Å². The Morgan fingerprint density at radius 3 is 2.55 bits per heavy atom. The molecule has 22 heavy (non-hydrogen) atoms. The molecule has 0 bridgehead atoms. The number of carboxylic acid groups (broad SMARTS) is 1. The number of carboxylic acids is 1. The van der Waals surface area contributed by atoms with Crippen LogP contribution in [0, 0.1) is 6.92 Å². The third-order valence-electron chi connectivity index (χ3n) is 2.99. The molecule has 0 radical (unpaired) electrons. The summed E-state index contributed by atoms with van der Waals surface area (Å²) in [5, 5.41) is 9.14. The lowest BCUT2D eigenvalue weighted by atomic mass is 10.1. The highest BCUT2D eigenvalue weighted by Crippen LogP contribution is 2.28. The van der Waals surface area contributed by atoms with Crippen molar-refractivity contribution in [2.75, 3.05) is 4.72 Å². The lowest BCUT2D eigenvalue weighted by Crippen LogP contribution is -2.15. The van der Waals surface area contributed by atoms with Crippen LogP contribution in [0.2, 0.25) is 5.02 Å². The molecule has 0 saturated heterocycles. The molecule has 116 valence electrons. The molecule has 0 unspecified atom stereocenters. The molecule has 0 atom stereocenters. The van der Waals surface area contributed by atoms with Crippen molar-refractivity contribution in [1.29, 1.82) is 0 Å². The first-order valence-corrected chi connectivity index (χ1v) is 8.68. The Labute approximate surface area is 141 Å². The molecule has 2 aromatic carbocycles. The number of hydrogen-bond acceptors (Lipinski definition) is 3. The molecule has 0 amide bonds. The summed E-state index contributed by atoms with van der Waals surface area (Å²) in [5.41, 5.74) is 0.549. The third kappa shape index (κ3) is 3.43. The first-order chi connectivity index (χ1) is 10.2. The van der Waals surface area contributed by atoms with E-state index in [1.54, 1.807) is 6.07 Å². The maximum atomic E-state index is 12.4. The van der Waals surface area contributed by atoms with Gasteiger partial charge in [0.2, 0.25) is 0 Å². The number of rotatable bonds is 4. The first kappa shape index (κ1) is 16.8. The Kier molecular flexibility index (Phi) is 4.79. The molecule has 5 nitrogen and oxygen atoms in total. The fraction of sp³-hybridized carbons (Fsp3) is 0.0714. The molecule has 2 N–H and O–H groups in total. The van der Waals surface area contributed by atoms with Gasteiger partial charge < -0.3 is 5.11 Å². The number of benzene rings is 2. The molecule has 0 heterocycles. The topological polar surface area (TPSA) is 83.5 Å². The van der Waals surface area contributed by atoms with Gasteiger partial charge in [-0.25, -0.2) is 13.2 Å². The van der Waals surface area contributed by atoms with Crippen LogP contribution in [0.3, 0.4) is 0 Å². The molecule has 2 rings (SSSR count). The minimum absolute atomic E-state index is 0.0297. The predicted octanol–water partition coefficient (Wildman–Crippen LogP) is 3.91. The van der Waals surface area contributed by atoms with Gasteiger partial charge in [-0.2, -0.15) is 0 Å². The van der Waals surface area contributed by atoms with Crippen LogP contribution in [0.5, 0.6) is 0 Å². The molecule has 2 aromatic rings. The molecule has 8 heteroatoms. The van der Waals surface area contributed by atoms with Crippen LogP contribution < -0.4 is 4.72 Å². The van der Waals surface area contributed by atoms with E-state index in [1.807, 2.05) is 0 Å². The second kappa shape index (κ2) is 6.28. The van der Waals surface area contributed by atoms with Gasteiger partial charge in [-0.15, -0.1) is 0 Å². The van der Waals surface area contributed by atoms with Crippen LogP contribution in [-0.4, -0.2) is 19.5 Å². The highest BCUT2D eigenvalue weighted by atomic mass is 79.9. The standard InChI is InChI=1S/C14H11BrClNO4S/c1-8-10(14(18)19)3-2-4-12(8)17-22(20,21)13-6-5-9(15)7-11(13)16/h2-7,17H,1H3,(H,18,19). The highest BCUT2D eigenvalue weighted by molar-refractivity contribution is 9.10. The Hall–Kier alpha value is -1.57. The Morgan fingerprint density at radius 2 is 1.95 bits per heavy atom. The largest absolute Gasteiger partial charge is 0.478 e. The van der Waals surface area contributed by atoms with E-state index in [0.29, 0.717) is 10.0 Å². The van der Waals surface area contributed by atoms with E-state index in [1.165, 1.54) is 37.3 Å². The number of anilines is 1. The van der Waals surface area contributed by atoms with Gasteiger partial charge in [0.15, 0.2) is 0 Å². The van der Waals surface area contributed by atoms with E-state index in [0.717, 1.165) is 0 Å². The smallest absolute Gasteiger partial charge is 0.336 e. The quantitative estimate of drug-likeness (QED) is 0.809. The van der Waals surface area contributed by atoms with E-state index >= 15 is 0 Å². The van der Waals surface area contributed by atoms with Crippen molar-refractivity contribution in [2.45, 2.75) is 11.8 Å². The maximum Gasteiger partial charge on any atom is 0.336 e. The van der Waals surface area contributed by atoms with Gasteiger partial charge in [0.25, 0.3) is 10.0 Å². The molecule has 0 aliphatic rings. The van der Waals surface area contributed by atoms with Gasteiger partial charge >= 0.3 is 5.97 Å². The van der Waals surface area contributed by atoms with Crippen molar-refractivity contribution in [1.82, 2.24) is 0 Å². The SMILES string of the molecule is Cc1c(NS(=O)(=O)c2ccc(Br)cc2Cl)cccc1C(=O)O. The van der Waals surface area contributed by atoms with Crippen molar-refractivity contribution in [3.63, 3.8) is 0 Å². The molecule has 0 aliphatic heterocycles. The van der Waals surface area contributed by atoms with Crippen LogP contribution in [0.25, 0.3) is 0 Å². The summed E-state index contributed by atoms with van der Waals surface area (Å²) in [6.07, 6.45) is 0. The number of carbonyl (C=O) groups is 1. The first-order valence-electron chi connectivity index (χ1n) is 6.03. The average molecular weight is 405 g/mol. The number of hydrogen-bond donors (Lipinski definition) is 2. The third-order valence-corrected chi connectivity index (χ3v) is 5.33. The van der Waals surface area contributed by atoms with Crippen LogP contribution >= 0.6 is 27.5 Å². The van der Waals surface area contributed by atoms with E-state index < -0.39 is 16.0 Å². The van der Waals surface area contributed by atoms with Gasteiger partial charge in [0, 0.05) is 4.47 Å². The minimum Gasteiger partial charge on any atom is -0.478 e. The fourth-order valence-electron chi connectivity index (χ4n) is 1.87. The van der Waals surface area contributed by atoms with Crippen molar-refractivity contribution >= 4 is 49.2 Å². The van der Waals surface area contributed by atoms with E-state index in [9.17, 15) is 13.2 Å². The molecule has 0 aliphatic carbocycles. The van der Waals surface area contributed by atoms with Gasteiger partial charge in [-0.05, 0) is 42.8 Å². The van der Waals surface area contributed by atoms with Crippen molar-refractivity contribution in [3.8, 4) is 0 Å². The minimum atomic E-state index is -3.92. The van der Waals surface area contributed by atoms with Crippen LogP contribution in [0.15, 0.2) is 45.8 Å². The average Bonchev–Trinajstić information content (AvgIpc) is 2.40. The zero-order valence-electron chi connectivity index (χ0n) is 11.3. The normalized spacial score (nSPS) is 11.2. The lowest BCUT2D eigenvalue weighted by molar-refractivity contribution is 0.0696. The number of aromatic carboxylic acids is 1. The summed E-state index contributed by atoms with van der Waals surface area (Å²) in [6.45, 7) is 1.53. The highest BCUT2D eigenvalue weighted by Gasteiger charge is 2.20. The number of nitrogens with one attached hydrogen (secondary N) is 1. The molecular weight excluding hydrogens is 394 g/mol. The molecule has 0 spiro atoms. The fourth-order valence-corrected chi connectivity index (χ4v) is 4.03.